The summed E-state index contributed by atoms with van der Waals surface area (Å²) in [5.74, 6) is 0.842. The molecule has 0 aliphatic carbocycles. The second kappa shape index (κ2) is 6.97. The van der Waals surface area contributed by atoms with Crippen LogP contribution in [0.25, 0.3) is 0 Å². The molecule has 18 heavy (non-hydrogen) atoms. The molecule has 1 aromatic rings. The molecule has 0 aliphatic heterocycles. The van der Waals surface area contributed by atoms with Gasteiger partial charge in [-0.25, -0.2) is 8.42 Å². The minimum absolute atomic E-state index is 0.131. The molecule has 0 aromatic heterocycles. The average Bonchev–Trinajstić information content (AvgIpc) is 2.36. The molecule has 1 rings (SSSR count). The van der Waals surface area contributed by atoms with Crippen LogP contribution in [0.15, 0.2) is 18.2 Å². The van der Waals surface area contributed by atoms with E-state index in [1.54, 1.807) is 19.1 Å². The lowest BCUT2D eigenvalue weighted by Gasteiger charge is -2.11. The van der Waals surface area contributed by atoms with Gasteiger partial charge in [0.2, 0.25) is 0 Å². The number of hydrogen-bond donors (Lipinski definition) is 1. The first-order valence-corrected chi connectivity index (χ1v) is 8.00. The highest BCUT2D eigenvalue weighted by Gasteiger charge is 2.09. The SMILES string of the molecule is CCS(=O)(=O)CCCOc1c(Cl)cccc1CN. The summed E-state index contributed by atoms with van der Waals surface area (Å²) in [6.45, 7) is 2.29. The van der Waals surface area contributed by atoms with Crippen molar-refractivity contribution >= 4 is 21.4 Å². The third kappa shape index (κ3) is 4.48. The lowest BCUT2D eigenvalue weighted by molar-refractivity contribution is 0.314. The van der Waals surface area contributed by atoms with Gasteiger partial charge < -0.3 is 10.5 Å². The van der Waals surface area contributed by atoms with Crippen LogP contribution in [0.5, 0.6) is 5.75 Å². The molecule has 0 spiro atoms. The highest BCUT2D eigenvalue weighted by atomic mass is 35.5. The van der Waals surface area contributed by atoms with Gasteiger partial charge in [-0.3, -0.25) is 0 Å². The molecule has 0 amide bonds. The lowest BCUT2D eigenvalue weighted by Crippen LogP contribution is -2.12. The van der Waals surface area contributed by atoms with Gasteiger partial charge in [-0.1, -0.05) is 30.7 Å². The van der Waals surface area contributed by atoms with Crippen molar-refractivity contribution in [3.8, 4) is 5.75 Å². The summed E-state index contributed by atoms with van der Waals surface area (Å²) in [4.78, 5) is 0. The first kappa shape index (κ1) is 15.3. The van der Waals surface area contributed by atoms with Crippen molar-refractivity contribution in [2.45, 2.75) is 19.9 Å². The van der Waals surface area contributed by atoms with Crippen LogP contribution < -0.4 is 10.5 Å². The van der Waals surface area contributed by atoms with E-state index >= 15 is 0 Å². The molecule has 0 atom stereocenters. The van der Waals surface area contributed by atoms with Gasteiger partial charge in [0.05, 0.1) is 17.4 Å². The van der Waals surface area contributed by atoms with E-state index < -0.39 is 9.84 Å². The van der Waals surface area contributed by atoms with Gasteiger partial charge in [-0.05, 0) is 12.5 Å². The van der Waals surface area contributed by atoms with E-state index in [2.05, 4.69) is 0 Å². The largest absolute Gasteiger partial charge is 0.492 e. The van der Waals surface area contributed by atoms with Crippen molar-refractivity contribution in [1.82, 2.24) is 0 Å². The first-order chi connectivity index (χ1) is 8.50. The Balaban J connectivity index is 2.54. The fourth-order valence-corrected chi connectivity index (χ4v) is 2.57. The van der Waals surface area contributed by atoms with Crippen molar-refractivity contribution in [1.29, 1.82) is 0 Å². The fourth-order valence-electron chi connectivity index (χ4n) is 1.47. The number of nitrogens with two attached hydrogens (primary N) is 1. The van der Waals surface area contributed by atoms with Gasteiger partial charge in [-0.15, -0.1) is 0 Å². The number of hydrogen-bond acceptors (Lipinski definition) is 4. The van der Waals surface area contributed by atoms with E-state index in [-0.39, 0.29) is 11.5 Å². The first-order valence-electron chi connectivity index (χ1n) is 5.81. The monoisotopic (exact) mass is 291 g/mol. The third-order valence-corrected chi connectivity index (χ3v) is 4.64. The van der Waals surface area contributed by atoms with Crippen LogP contribution in [0.4, 0.5) is 0 Å². The number of sulfone groups is 1. The highest BCUT2D eigenvalue weighted by molar-refractivity contribution is 7.91. The Morgan fingerprint density at radius 3 is 2.72 bits per heavy atom. The van der Waals surface area contributed by atoms with Gasteiger partial charge in [0.1, 0.15) is 15.6 Å². The number of rotatable bonds is 7. The topological polar surface area (TPSA) is 69.4 Å². The van der Waals surface area contributed by atoms with Crippen LogP contribution in [-0.2, 0) is 16.4 Å². The predicted molar refractivity (Wildman–Crippen MR) is 73.8 cm³/mol. The predicted octanol–water partition coefficient (Wildman–Crippen LogP) is 2.00. The molecule has 0 aliphatic rings. The number of benzene rings is 1. The zero-order chi connectivity index (χ0) is 13.6. The summed E-state index contributed by atoms with van der Waals surface area (Å²) in [5, 5.41) is 0.497. The van der Waals surface area contributed by atoms with Crippen molar-refractivity contribution in [2.24, 2.45) is 5.73 Å². The third-order valence-electron chi connectivity index (χ3n) is 2.55. The summed E-state index contributed by atoms with van der Waals surface area (Å²) in [7, 11) is -2.94. The molecule has 4 nitrogen and oxygen atoms in total. The van der Waals surface area contributed by atoms with Gasteiger partial charge in [0.15, 0.2) is 0 Å². The normalized spacial score (nSPS) is 11.5. The van der Waals surface area contributed by atoms with E-state index in [9.17, 15) is 8.42 Å². The molecule has 2 N–H and O–H groups in total. The summed E-state index contributed by atoms with van der Waals surface area (Å²) >= 11 is 6.01. The standard InChI is InChI=1S/C12H18ClNO3S/c1-2-18(15,16)8-4-7-17-12-10(9-14)5-3-6-11(12)13/h3,5-6H,2,4,7-9,14H2,1H3. The van der Waals surface area contributed by atoms with Crippen LogP contribution >= 0.6 is 11.6 Å². The number of para-hydroxylation sites is 1. The van der Waals surface area contributed by atoms with Gasteiger partial charge in [0.25, 0.3) is 0 Å². The molecule has 6 heteroatoms. The van der Waals surface area contributed by atoms with Crippen LogP contribution in [0.2, 0.25) is 5.02 Å². The minimum Gasteiger partial charge on any atom is -0.492 e. The number of halogens is 1. The van der Waals surface area contributed by atoms with Gasteiger partial charge in [0, 0.05) is 17.9 Å². The zero-order valence-electron chi connectivity index (χ0n) is 10.4. The van der Waals surface area contributed by atoms with E-state index in [4.69, 9.17) is 22.1 Å². The molecule has 0 fully saturated rings. The molecule has 0 radical (unpaired) electrons. The van der Waals surface area contributed by atoms with E-state index in [1.807, 2.05) is 6.07 Å². The molecule has 0 bridgehead atoms. The molecule has 0 unspecified atom stereocenters. The van der Waals surface area contributed by atoms with Crippen molar-refractivity contribution in [2.75, 3.05) is 18.1 Å². The Hall–Kier alpha value is -0.780. The summed E-state index contributed by atoms with van der Waals surface area (Å²) < 4.78 is 28.1. The molecular weight excluding hydrogens is 274 g/mol. The lowest BCUT2D eigenvalue weighted by atomic mass is 10.2. The average molecular weight is 292 g/mol. The second-order valence-electron chi connectivity index (χ2n) is 3.87. The Morgan fingerprint density at radius 1 is 1.39 bits per heavy atom. The minimum atomic E-state index is -2.94. The van der Waals surface area contributed by atoms with E-state index in [1.165, 1.54) is 0 Å². The summed E-state index contributed by atoms with van der Waals surface area (Å²) in [5.41, 5.74) is 6.40. The van der Waals surface area contributed by atoms with Crippen LogP contribution in [0.1, 0.15) is 18.9 Å². The summed E-state index contributed by atoms with van der Waals surface area (Å²) in [6.07, 6.45) is 0.450. The smallest absolute Gasteiger partial charge is 0.150 e. The molecule has 102 valence electrons. The van der Waals surface area contributed by atoms with Crippen LogP contribution in [-0.4, -0.2) is 26.5 Å². The maximum Gasteiger partial charge on any atom is 0.150 e. The molecular formula is C12H18ClNO3S. The van der Waals surface area contributed by atoms with Crippen molar-refractivity contribution in [3.05, 3.63) is 28.8 Å². The maximum atomic E-state index is 11.3. The van der Waals surface area contributed by atoms with Crippen molar-refractivity contribution < 1.29 is 13.2 Å². The molecule has 0 heterocycles. The quantitative estimate of drug-likeness (QED) is 0.780. The Labute approximate surface area is 113 Å². The number of ether oxygens (including phenoxy) is 1. The Kier molecular flexibility index (Phi) is 5.91. The molecule has 0 saturated carbocycles. The zero-order valence-corrected chi connectivity index (χ0v) is 11.9. The van der Waals surface area contributed by atoms with Gasteiger partial charge >= 0.3 is 0 Å². The summed E-state index contributed by atoms with van der Waals surface area (Å²) in [6, 6.07) is 5.36. The van der Waals surface area contributed by atoms with Crippen LogP contribution in [0.3, 0.4) is 0 Å². The maximum absolute atomic E-state index is 11.3. The van der Waals surface area contributed by atoms with Crippen molar-refractivity contribution in [3.63, 3.8) is 0 Å². The Morgan fingerprint density at radius 2 is 2.11 bits per heavy atom. The van der Waals surface area contributed by atoms with Gasteiger partial charge in [-0.2, -0.15) is 0 Å². The fraction of sp³-hybridized carbons (Fsp3) is 0.500. The van der Waals surface area contributed by atoms with Crippen LogP contribution in [0, 0.1) is 0 Å². The second-order valence-corrected chi connectivity index (χ2v) is 6.75. The highest BCUT2D eigenvalue weighted by Crippen LogP contribution is 2.28. The van der Waals surface area contributed by atoms with E-state index in [0.29, 0.717) is 30.3 Å². The Bertz CT molecular complexity index is 488. The van der Waals surface area contributed by atoms with E-state index in [0.717, 1.165) is 5.56 Å². The molecule has 0 saturated heterocycles. The molecule has 1 aromatic carbocycles.